The second-order valence-corrected chi connectivity index (χ2v) is 11.5. The van der Waals surface area contributed by atoms with Crippen molar-refractivity contribution in [1.82, 2.24) is 0 Å². The van der Waals surface area contributed by atoms with Crippen LogP contribution in [0, 0.1) is 0 Å². The third-order valence-corrected chi connectivity index (χ3v) is 7.76. The fourth-order valence-electron chi connectivity index (χ4n) is 5.21. The van der Waals surface area contributed by atoms with E-state index < -0.39 is 66.7 Å². The topological polar surface area (TPSA) is 149 Å². The van der Waals surface area contributed by atoms with Crippen molar-refractivity contribution in [2.24, 2.45) is 0 Å². The molecule has 268 valence electrons. The van der Waals surface area contributed by atoms with Crippen molar-refractivity contribution in [3.8, 4) is 0 Å². The monoisotopic (exact) mass is 714 g/mol. The van der Waals surface area contributed by atoms with Gasteiger partial charge >= 0.3 is 29.8 Å². The van der Waals surface area contributed by atoms with Gasteiger partial charge in [-0.25, -0.2) is 19.2 Å². The summed E-state index contributed by atoms with van der Waals surface area (Å²) in [6, 6.07) is 38.8. The number of ketones is 1. The Morgan fingerprint density at radius 2 is 0.755 bits per heavy atom. The number of carbonyl (C=O) groups is 6. The van der Waals surface area contributed by atoms with Gasteiger partial charge in [0.25, 0.3) is 0 Å². The summed E-state index contributed by atoms with van der Waals surface area (Å²) in [6.45, 7) is 0.327. The highest BCUT2D eigenvalue weighted by Crippen LogP contribution is 2.26. The molecule has 5 aromatic carbocycles. The molecule has 11 nitrogen and oxygen atoms in total. The molecule has 5 aromatic rings. The SMILES string of the molecule is CC(=O)OC(COC(=O)c1ccccc1)C(OC(=O)c1ccccc1)C(OC(=O)c1ccccc1)C(OC(=O)c1ccccc1)C(=O)c1ccccc1. The lowest BCUT2D eigenvalue weighted by molar-refractivity contribution is -0.167. The highest BCUT2D eigenvalue weighted by Gasteiger charge is 2.48. The summed E-state index contributed by atoms with van der Waals surface area (Å²) in [5, 5.41) is 0. The molecule has 0 bridgehead atoms. The van der Waals surface area contributed by atoms with E-state index in [1.165, 1.54) is 60.7 Å². The number of Topliss-reactive ketones (excluding diaryl/α,β-unsaturated/α-hetero) is 1. The minimum absolute atomic E-state index is 0.0328. The van der Waals surface area contributed by atoms with Crippen molar-refractivity contribution in [3.63, 3.8) is 0 Å². The van der Waals surface area contributed by atoms with E-state index >= 15 is 0 Å². The fourth-order valence-corrected chi connectivity index (χ4v) is 5.21. The van der Waals surface area contributed by atoms with Crippen LogP contribution in [0.2, 0.25) is 0 Å². The maximum Gasteiger partial charge on any atom is 0.338 e. The van der Waals surface area contributed by atoms with Crippen LogP contribution in [-0.2, 0) is 28.5 Å². The van der Waals surface area contributed by atoms with Crippen LogP contribution >= 0.6 is 0 Å². The predicted molar refractivity (Wildman–Crippen MR) is 190 cm³/mol. The maximum absolute atomic E-state index is 14.4. The molecule has 0 radical (unpaired) electrons. The van der Waals surface area contributed by atoms with Gasteiger partial charge < -0.3 is 23.7 Å². The summed E-state index contributed by atoms with van der Waals surface area (Å²) in [5.41, 5.74) is 0.337. The number of carbonyl (C=O) groups excluding carboxylic acids is 6. The molecule has 0 aliphatic rings. The van der Waals surface area contributed by atoms with Gasteiger partial charge in [-0.2, -0.15) is 0 Å². The van der Waals surface area contributed by atoms with Gasteiger partial charge in [-0.3, -0.25) is 9.59 Å². The predicted octanol–water partition coefficient (Wildman–Crippen LogP) is 6.33. The average molecular weight is 715 g/mol. The average Bonchev–Trinajstić information content (AvgIpc) is 3.20. The molecule has 0 aromatic heterocycles. The summed E-state index contributed by atoms with van der Waals surface area (Å²) in [4.78, 5) is 81.4. The molecule has 53 heavy (non-hydrogen) atoms. The van der Waals surface area contributed by atoms with Crippen molar-refractivity contribution in [2.75, 3.05) is 6.61 Å². The molecule has 4 unspecified atom stereocenters. The highest BCUT2D eigenvalue weighted by atomic mass is 16.6. The number of esters is 5. The van der Waals surface area contributed by atoms with Crippen LogP contribution < -0.4 is 0 Å². The smallest absolute Gasteiger partial charge is 0.338 e. The van der Waals surface area contributed by atoms with E-state index in [4.69, 9.17) is 23.7 Å². The number of ether oxygens (including phenoxy) is 5. The summed E-state index contributed by atoms with van der Waals surface area (Å²) in [7, 11) is 0. The number of hydrogen-bond acceptors (Lipinski definition) is 11. The molecule has 11 heteroatoms. The third-order valence-electron chi connectivity index (χ3n) is 7.76. The fraction of sp³-hybridized carbons (Fsp3) is 0.143. The quantitative estimate of drug-likeness (QED) is 0.0680. The van der Waals surface area contributed by atoms with E-state index in [1.54, 1.807) is 91.0 Å². The summed E-state index contributed by atoms with van der Waals surface area (Å²) in [5.74, 6) is -5.52. The molecule has 0 heterocycles. The molecule has 0 saturated heterocycles. The first kappa shape index (κ1) is 37.4. The van der Waals surface area contributed by atoms with Gasteiger partial charge in [-0.1, -0.05) is 103 Å². The van der Waals surface area contributed by atoms with Crippen molar-refractivity contribution in [2.45, 2.75) is 31.3 Å². The standard InChI is InChI=1S/C42H34O11/c1-28(43)50-34(27-49-39(45)30-19-9-3-10-20-30)36(51-40(46)31-21-11-4-12-22-31)38(53-42(48)33-25-15-6-16-26-33)37(35(44)29-17-7-2-8-18-29)52-41(47)32-23-13-5-14-24-32/h2-26,34,36-38H,27H2,1H3. The largest absolute Gasteiger partial charge is 0.458 e. The van der Waals surface area contributed by atoms with Gasteiger partial charge in [0.2, 0.25) is 11.9 Å². The van der Waals surface area contributed by atoms with Crippen LogP contribution in [0.1, 0.15) is 58.7 Å². The molecular weight excluding hydrogens is 680 g/mol. The van der Waals surface area contributed by atoms with Crippen LogP contribution in [0.3, 0.4) is 0 Å². The number of rotatable bonds is 15. The van der Waals surface area contributed by atoms with E-state index in [0.29, 0.717) is 0 Å². The van der Waals surface area contributed by atoms with Gasteiger partial charge in [-0.15, -0.1) is 0 Å². The van der Waals surface area contributed by atoms with E-state index in [-0.39, 0.29) is 27.8 Å². The Balaban J connectivity index is 1.66. The Hall–Kier alpha value is -6.88. The van der Waals surface area contributed by atoms with E-state index in [1.807, 2.05) is 0 Å². The Labute approximate surface area is 305 Å². The zero-order valence-electron chi connectivity index (χ0n) is 28.4. The molecule has 0 N–H and O–H groups in total. The maximum atomic E-state index is 14.4. The van der Waals surface area contributed by atoms with Crippen LogP contribution in [0.4, 0.5) is 0 Å². The van der Waals surface area contributed by atoms with E-state index in [0.717, 1.165) is 6.92 Å². The lowest BCUT2D eigenvalue weighted by Gasteiger charge is -2.35. The first-order valence-corrected chi connectivity index (χ1v) is 16.5. The van der Waals surface area contributed by atoms with Crippen LogP contribution in [-0.4, -0.2) is 66.7 Å². The lowest BCUT2D eigenvalue weighted by Crippen LogP contribution is -2.55. The molecule has 0 fully saturated rings. The second-order valence-electron chi connectivity index (χ2n) is 11.5. The third kappa shape index (κ3) is 10.3. The van der Waals surface area contributed by atoms with Crippen LogP contribution in [0.25, 0.3) is 0 Å². The Morgan fingerprint density at radius 3 is 1.15 bits per heavy atom. The Morgan fingerprint density at radius 1 is 0.415 bits per heavy atom. The zero-order valence-corrected chi connectivity index (χ0v) is 28.4. The van der Waals surface area contributed by atoms with Crippen molar-refractivity contribution >= 4 is 35.6 Å². The number of hydrogen-bond donors (Lipinski definition) is 0. The number of benzene rings is 5. The van der Waals surface area contributed by atoms with Gasteiger partial charge in [-0.05, 0) is 48.5 Å². The molecule has 0 aliphatic heterocycles. The molecule has 5 rings (SSSR count). The molecule has 0 amide bonds. The van der Waals surface area contributed by atoms with E-state index in [2.05, 4.69) is 0 Å². The highest BCUT2D eigenvalue weighted by molar-refractivity contribution is 6.02. The van der Waals surface area contributed by atoms with Crippen LogP contribution in [0.15, 0.2) is 152 Å². The molecule has 4 atom stereocenters. The van der Waals surface area contributed by atoms with Gasteiger partial charge in [0.05, 0.1) is 22.3 Å². The summed E-state index contributed by atoms with van der Waals surface area (Å²) >= 11 is 0. The van der Waals surface area contributed by atoms with Crippen LogP contribution in [0.5, 0.6) is 0 Å². The first-order chi connectivity index (χ1) is 25.7. The lowest BCUT2D eigenvalue weighted by atomic mass is 9.95. The van der Waals surface area contributed by atoms with Crippen molar-refractivity contribution < 1.29 is 52.5 Å². The second kappa shape index (κ2) is 18.4. The molecule has 0 spiro atoms. The normalized spacial score (nSPS) is 12.8. The molecular formula is C42H34O11. The Kier molecular flexibility index (Phi) is 13.0. The zero-order chi connectivity index (χ0) is 37.6. The minimum Gasteiger partial charge on any atom is -0.458 e. The molecule has 0 saturated carbocycles. The first-order valence-electron chi connectivity index (χ1n) is 16.5. The summed E-state index contributed by atoms with van der Waals surface area (Å²) < 4.78 is 28.9. The minimum atomic E-state index is -2.01. The van der Waals surface area contributed by atoms with Crippen molar-refractivity contribution in [3.05, 3.63) is 179 Å². The van der Waals surface area contributed by atoms with Gasteiger partial charge in [0, 0.05) is 12.5 Å². The van der Waals surface area contributed by atoms with Crippen molar-refractivity contribution in [1.29, 1.82) is 0 Å². The van der Waals surface area contributed by atoms with Gasteiger partial charge in [0.1, 0.15) is 6.61 Å². The van der Waals surface area contributed by atoms with E-state index in [9.17, 15) is 28.8 Å². The molecule has 0 aliphatic carbocycles. The summed E-state index contributed by atoms with van der Waals surface area (Å²) in [6.07, 6.45) is -7.61. The Bertz CT molecular complexity index is 2000. The van der Waals surface area contributed by atoms with Gasteiger partial charge in [0.15, 0.2) is 18.3 Å².